The first kappa shape index (κ1) is 8.31. The summed E-state index contributed by atoms with van der Waals surface area (Å²) in [5, 5.41) is 11.5. The summed E-state index contributed by atoms with van der Waals surface area (Å²) in [4.78, 5) is 0. The standard InChI is InChI=1S/C8H13N5O/c9-4-8-10-11-12-13(8)6-3-5-1-2-7(6)14-5/h5-7H,1-4,9H2. The molecule has 2 aliphatic heterocycles. The van der Waals surface area contributed by atoms with Crippen molar-refractivity contribution in [1.82, 2.24) is 20.2 Å². The van der Waals surface area contributed by atoms with Crippen LogP contribution in [-0.2, 0) is 11.3 Å². The Morgan fingerprint density at radius 2 is 2.43 bits per heavy atom. The Labute approximate surface area is 81.4 Å². The first-order chi connectivity index (χ1) is 6.88. The van der Waals surface area contributed by atoms with E-state index < -0.39 is 0 Å². The summed E-state index contributed by atoms with van der Waals surface area (Å²) >= 11 is 0. The largest absolute Gasteiger partial charge is 0.373 e. The number of rotatable bonds is 2. The molecule has 0 saturated carbocycles. The molecular weight excluding hydrogens is 182 g/mol. The molecule has 2 fully saturated rings. The van der Waals surface area contributed by atoms with E-state index in [0.717, 1.165) is 18.7 Å². The van der Waals surface area contributed by atoms with Crippen LogP contribution in [0.25, 0.3) is 0 Å². The van der Waals surface area contributed by atoms with E-state index in [1.54, 1.807) is 0 Å². The van der Waals surface area contributed by atoms with Crippen LogP contribution in [0.4, 0.5) is 0 Å². The average Bonchev–Trinajstić information content (AvgIpc) is 2.92. The minimum absolute atomic E-state index is 0.300. The maximum atomic E-state index is 5.75. The van der Waals surface area contributed by atoms with E-state index >= 15 is 0 Å². The Hall–Kier alpha value is -1.01. The normalized spacial score (nSPS) is 35.4. The lowest BCUT2D eigenvalue weighted by molar-refractivity contribution is 0.0915. The van der Waals surface area contributed by atoms with Gasteiger partial charge in [0.05, 0.1) is 24.8 Å². The maximum absolute atomic E-state index is 5.75. The fourth-order valence-electron chi connectivity index (χ4n) is 2.47. The average molecular weight is 195 g/mol. The van der Waals surface area contributed by atoms with Gasteiger partial charge < -0.3 is 10.5 Å². The van der Waals surface area contributed by atoms with Crippen LogP contribution in [0.15, 0.2) is 0 Å². The van der Waals surface area contributed by atoms with Crippen LogP contribution in [0, 0.1) is 0 Å². The van der Waals surface area contributed by atoms with Gasteiger partial charge in [0.25, 0.3) is 0 Å². The monoisotopic (exact) mass is 195 g/mol. The van der Waals surface area contributed by atoms with Gasteiger partial charge in [-0.2, -0.15) is 0 Å². The van der Waals surface area contributed by atoms with Crippen LogP contribution in [0.3, 0.4) is 0 Å². The van der Waals surface area contributed by atoms with E-state index in [4.69, 9.17) is 10.5 Å². The predicted molar refractivity (Wildman–Crippen MR) is 47.3 cm³/mol. The Bertz CT molecular complexity index is 338. The third-order valence-electron chi connectivity index (χ3n) is 3.13. The zero-order valence-electron chi connectivity index (χ0n) is 7.83. The van der Waals surface area contributed by atoms with Gasteiger partial charge in [-0.15, -0.1) is 5.10 Å². The summed E-state index contributed by atoms with van der Waals surface area (Å²) in [5.41, 5.74) is 5.56. The van der Waals surface area contributed by atoms with E-state index in [1.165, 1.54) is 6.42 Å². The number of ether oxygens (including phenoxy) is 1. The third-order valence-corrected chi connectivity index (χ3v) is 3.13. The Balaban J connectivity index is 1.89. The molecular formula is C8H13N5O. The van der Waals surface area contributed by atoms with Gasteiger partial charge >= 0.3 is 0 Å². The van der Waals surface area contributed by atoms with Crippen LogP contribution in [-0.4, -0.2) is 32.4 Å². The number of hydrogen-bond acceptors (Lipinski definition) is 5. The molecule has 3 heterocycles. The van der Waals surface area contributed by atoms with Gasteiger partial charge in [0, 0.05) is 0 Å². The van der Waals surface area contributed by atoms with Crippen molar-refractivity contribution < 1.29 is 4.74 Å². The van der Waals surface area contributed by atoms with Gasteiger partial charge in [0.2, 0.25) is 0 Å². The molecule has 0 spiro atoms. The molecule has 0 aromatic carbocycles. The quantitative estimate of drug-likeness (QED) is 0.696. The molecule has 2 bridgehead atoms. The van der Waals surface area contributed by atoms with Gasteiger partial charge in [-0.05, 0) is 29.7 Å². The molecule has 2 aliphatic rings. The number of aromatic nitrogens is 4. The number of fused-ring (bicyclic) bond motifs is 2. The van der Waals surface area contributed by atoms with Crippen molar-refractivity contribution in [2.75, 3.05) is 0 Å². The third kappa shape index (κ3) is 1.07. The molecule has 0 amide bonds. The highest BCUT2D eigenvalue weighted by Crippen LogP contribution is 2.41. The Morgan fingerprint density at radius 1 is 1.50 bits per heavy atom. The number of nitrogens with two attached hydrogens (primary N) is 1. The van der Waals surface area contributed by atoms with E-state index in [0.29, 0.717) is 24.8 Å². The van der Waals surface area contributed by atoms with Gasteiger partial charge in [0.15, 0.2) is 5.82 Å². The SMILES string of the molecule is NCc1nnnn1C1CC2CCC1O2. The highest BCUT2D eigenvalue weighted by molar-refractivity contribution is 4.95. The van der Waals surface area contributed by atoms with Crippen molar-refractivity contribution >= 4 is 0 Å². The van der Waals surface area contributed by atoms with Gasteiger partial charge in [-0.3, -0.25) is 0 Å². The van der Waals surface area contributed by atoms with Crippen molar-refractivity contribution in [3.05, 3.63) is 5.82 Å². The molecule has 3 rings (SSSR count). The highest BCUT2D eigenvalue weighted by atomic mass is 16.5. The predicted octanol–water partition coefficient (Wildman–Crippen LogP) is -0.376. The molecule has 3 unspecified atom stereocenters. The lowest BCUT2D eigenvalue weighted by Crippen LogP contribution is -2.24. The second-order valence-electron chi connectivity index (χ2n) is 3.92. The minimum Gasteiger partial charge on any atom is -0.373 e. The van der Waals surface area contributed by atoms with E-state index in [-0.39, 0.29) is 0 Å². The van der Waals surface area contributed by atoms with E-state index in [1.807, 2.05) is 4.68 Å². The van der Waals surface area contributed by atoms with Crippen molar-refractivity contribution in [1.29, 1.82) is 0 Å². The first-order valence-electron chi connectivity index (χ1n) is 5.00. The van der Waals surface area contributed by atoms with Gasteiger partial charge in [0.1, 0.15) is 0 Å². The van der Waals surface area contributed by atoms with Crippen molar-refractivity contribution in [2.45, 2.75) is 44.1 Å². The molecule has 1 aromatic heterocycles. The number of hydrogen-bond donors (Lipinski definition) is 1. The molecule has 0 aliphatic carbocycles. The zero-order valence-corrected chi connectivity index (χ0v) is 7.83. The Kier molecular flexibility index (Phi) is 1.78. The smallest absolute Gasteiger partial charge is 0.165 e. The number of nitrogens with zero attached hydrogens (tertiary/aromatic N) is 4. The summed E-state index contributed by atoms with van der Waals surface area (Å²) in [6, 6.07) is 0.308. The van der Waals surface area contributed by atoms with E-state index in [9.17, 15) is 0 Å². The first-order valence-corrected chi connectivity index (χ1v) is 5.00. The van der Waals surface area contributed by atoms with Crippen LogP contribution in [0.5, 0.6) is 0 Å². The summed E-state index contributed by atoms with van der Waals surface area (Å²) in [6.07, 6.45) is 4.05. The summed E-state index contributed by atoms with van der Waals surface area (Å²) in [5.74, 6) is 0.756. The van der Waals surface area contributed by atoms with Crippen molar-refractivity contribution in [3.63, 3.8) is 0 Å². The molecule has 6 nitrogen and oxygen atoms in total. The molecule has 76 valence electrons. The maximum Gasteiger partial charge on any atom is 0.165 e. The summed E-state index contributed by atoms with van der Waals surface area (Å²) in [6.45, 7) is 0.390. The highest BCUT2D eigenvalue weighted by Gasteiger charge is 2.43. The molecule has 6 heteroatoms. The fraction of sp³-hybridized carbons (Fsp3) is 0.875. The van der Waals surface area contributed by atoms with Crippen molar-refractivity contribution in [3.8, 4) is 0 Å². The van der Waals surface area contributed by atoms with Gasteiger partial charge in [-0.1, -0.05) is 0 Å². The van der Waals surface area contributed by atoms with Gasteiger partial charge in [-0.25, -0.2) is 4.68 Å². The van der Waals surface area contributed by atoms with E-state index in [2.05, 4.69) is 15.5 Å². The minimum atomic E-state index is 0.300. The second-order valence-corrected chi connectivity index (χ2v) is 3.92. The molecule has 3 atom stereocenters. The van der Waals surface area contributed by atoms with Crippen LogP contribution >= 0.6 is 0 Å². The molecule has 0 radical (unpaired) electrons. The fourth-order valence-corrected chi connectivity index (χ4v) is 2.47. The molecule has 2 N–H and O–H groups in total. The lowest BCUT2D eigenvalue weighted by Gasteiger charge is -2.18. The topological polar surface area (TPSA) is 78.9 Å². The summed E-state index contributed by atoms with van der Waals surface area (Å²) < 4.78 is 7.59. The zero-order chi connectivity index (χ0) is 9.54. The van der Waals surface area contributed by atoms with Crippen LogP contribution in [0.2, 0.25) is 0 Å². The lowest BCUT2D eigenvalue weighted by atomic mass is 9.95. The van der Waals surface area contributed by atoms with Crippen LogP contribution in [0.1, 0.15) is 31.1 Å². The second kappa shape index (κ2) is 2.99. The van der Waals surface area contributed by atoms with Crippen molar-refractivity contribution in [2.24, 2.45) is 5.73 Å². The molecule has 1 aromatic rings. The summed E-state index contributed by atoms with van der Waals surface area (Å²) in [7, 11) is 0. The van der Waals surface area contributed by atoms with Crippen LogP contribution < -0.4 is 5.73 Å². The Morgan fingerprint density at radius 3 is 3.07 bits per heavy atom. The molecule has 2 saturated heterocycles. The number of tetrazole rings is 1. The molecule has 14 heavy (non-hydrogen) atoms.